The van der Waals surface area contributed by atoms with Crippen molar-refractivity contribution in [3.8, 4) is 0 Å². The minimum absolute atomic E-state index is 0.0346. The second kappa shape index (κ2) is 14.0. The Labute approximate surface area is 180 Å². The molecule has 0 bridgehead atoms. The van der Waals surface area contributed by atoms with Crippen LogP contribution in [0, 0.1) is 5.41 Å². The van der Waals surface area contributed by atoms with Crippen LogP contribution in [0.1, 0.15) is 58.8 Å². The summed E-state index contributed by atoms with van der Waals surface area (Å²) in [4.78, 5) is 48.4. The predicted molar refractivity (Wildman–Crippen MR) is 116 cm³/mol. The smallest absolute Gasteiger partial charge is 0.221 e. The summed E-state index contributed by atoms with van der Waals surface area (Å²) in [7, 11) is 1.86. The van der Waals surface area contributed by atoms with E-state index in [9.17, 15) is 19.2 Å². The molecule has 4 amide bonds. The molecule has 1 saturated carbocycles. The van der Waals surface area contributed by atoms with Crippen molar-refractivity contribution < 1.29 is 19.2 Å². The van der Waals surface area contributed by atoms with Crippen LogP contribution in [0.2, 0.25) is 0 Å². The Hall–Kier alpha value is -2.16. The van der Waals surface area contributed by atoms with E-state index in [0.717, 1.165) is 6.42 Å². The quantitative estimate of drug-likeness (QED) is 0.263. The van der Waals surface area contributed by atoms with Crippen LogP contribution in [0.3, 0.4) is 0 Å². The fourth-order valence-corrected chi connectivity index (χ4v) is 2.77. The van der Waals surface area contributed by atoms with Crippen molar-refractivity contribution in [1.29, 1.82) is 0 Å². The van der Waals surface area contributed by atoms with Gasteiger partial charge in [0.2, 0.25) is 23.6 Å². The molecule has 1 rings (SSSR count). The number of rotatable bonds is 16. The predicted octanol–water partition coefficient (Wildman–Crippen LogP) is 0.154. The van der Waals surface area contributed by atoms with Gasteiger partial charge in [-0.05, 0) is 31.7 Å². The molecule has 30 heavy (non-hydrogen) atoms. The maximum Gasteiger partial charge on any atom is 0.221 e. The summed E-state index contributed by atoms with van der Waals surface area (Å²) < 4.78 is 0. The van der Waals surface area contributed by atoms with Crippen LogP contribution < -0.4 is 21.3 Å². The van der Waals surface area contributed by atoms with Crippen molar-refractivity contribution in [3.63, 3.8) is 0 Å². The molecule has 1 fully saturated rings. The number of hydrogen-bond donors (Lipinski definition) is 4. The van der Waals surface area contributed by atoms with Crippen LogP contribution in [0.5, 0.6) is 0 Å². The van der Waals surface area contributed by atoms with Gasteiger partial charge in [0.15, 0.2) is 0 Å². The Balaban J connectivity index is 1.96. The van der Waals surface area contributed by atoms with Gasteiger partial charge in [0, 0.05) is 65.0 Å². The molecule has 1 aliphatic rings. The van der Waals surface area contributed by atoms with Gasteiger partial charge in [-0.2, -0.15) is 0 Å². The minimum atomic E-state index is -0.0801. The molecule has 0 aromatic heterocycles. The van der Waals surface area contributed by atoms with Crippen LogP contribution >= 0.6 is 0 Å². The largest absolute Gasteiger partial charge is 0.354 e. The molecule has 0 aromatic rings. The minimum Gasteiger partial charge on any atom is -0.354 e. The lowest BCUT2D eigenvalue weighted by atomic mass is 10.0. The zero-order valence-electron chi connectivity index (χ0n) is 18.8. The first kappa shape index (κ1) is 25.9. The molecule has 0 aromatic carbocycles. The highest BCUT2D eigenvalue weighted by Gasteiger charge is 2.36. The van der Waals surface area contributed by atoms with Crippen LogP contribution in [-0.4, -0.2) is 74.8 Å². The highest BCUT2D eigenvalue weighted by atomic mass is 16.2. The average molecular weight is 426 g/mol. The maximum absolute atomic E-state index is 11.9. The molecule has 1 aliphatic carbocycles. The van der Waals surface area contributed by atoms with E-state index in [-0.39, 0.29) is 23.6 Å². The van der Waals surface area contributed by atoms with Gasteiger partial charge in [0.05, 0.1) is 0 Å². The molecule has 0 unspecified atom stereocenters. The lowest BCUT2D eigenvalue weighted by Crippen LogP contribution is -2.37. The molecule has 0 spiro atoms. The Bertz CT molecular complexity index is 578. The molecule has 0 radical (unpaired) electrons. The molecule has 0 aliphatic heterocycles. The van der Waals surface area contributed by atoms with E-state index in [1.54, 1.807) is 6.92 Å². The van der Waals surface area contributed by atoms with Crippen LogP contribution in [0.15, 0.2) is 0 Å². The first-order chi connectivity index (χ1) is 14.2. The normalized spacial score (nSPS) is 14.1. The zero-order chi connectivity index (χ0) is 22.4. The number of carbonyl (C=O) groups is 4. The monoisotopic (exact) mass is 425 g/mol. The number of nitrogens with zero attached hydrogens (tertiary/aromatic N) is 1. The van der Waals surface area contributed by atoms with Gasteiger partial charge in [0.1, 0.15) is 0 Å². The molecule has 9 heteroatoms. The third kappa shape index (κ3) is 13.1. The van der Waals surface area contributed by atoms with E-state index in [0.29, 0.717) is 70.4 Å². The number of amides is 4. The molecule has 0 atom stereocenters. The zero-order valence-corrected chi connectivity index (χ0v) is 18.8. The molecular weight excluding hydrogens is 386 g/mol. The first-order valence-electron chi connectivity index (χ1n) is 11.0. The second-order valence-corrected chi connectivity index (χ2v) is 8.37. The van der Waals surface area contributed by atoms with Gasteiger partial charge in [-0.25, -0.2) is 0 Å². The van der Waals surface area contributed by atoms with Crippen LogP contribution in [0.25, 0.3) is 0 Å². The van der Waals surface area contributed by atoms with Gasteiger partial charge >= 0.3 is 0 Å². The van der Waals surface area contributed by atoms with Gasteiger partial charge < -0.3 is 26.2 Å². The first-order valence-corrected chi connectivity index (χ1v) is 11.0. The Morgan fingerprint density at radius 3 is 1.53 bits per heavy atom. The topological polar surface area (TPSA) is 120 Å². The van der Waals surface area contributed by atoms with E-state index in [4.69, 9.17) is 0 Å². The third-order valence-electron chi connectivity index (χ3n) is 5.36. The van der Waals surface area contributed by atoms with Gasteiger partial charge in [-0.15, -0.1) is 0 Å². The van der Waals surface area contributed by atoms with Crippen molar-refractivity contribution in [3.05, 3.63) is 0 Å². The molecule has 0 heterocycles. The maximum atomic E-state index is 11.9. The highest BCUT2D eigenvalue weighted by Crippen LogP contribution is 2.48. The van der Waals surface area contributed by atoms with E-state index in [2.05, 4.69) is 28.2 Å². The summed E-state index contributed by atoms with van der Waals surface area (Å²) in [5.41, 5.74) is 0.380. The van der Waals surface area contributed by atoms with Crippen LogP contribution in [0.4, 0.5) is 0 Å². The van der Waals surface area contributed by atoms with Crippen molar-refractivity contribution >= 4 is 23.6 Å². The van der Waals surface area contributed by atoms with Crippen molar-refractivity contribution in [2.24, 2.45) is 5.41 Å². The van der Waals surface area contributed by atoms with Gasteiger partial charge in [0.25, 0.3) is 0 Å². The number of carbonyl (C=O) groups excluding carboxylic acids is 4. The van der Waals surface area contributed by atoms with Gasteiger partial charge in [-0.1, -0.05) is 13.8 Å². The third-order valence-corrected chi connectivity index (χ3v) is 5.36. The summed E-state index contributed by atoms with van der Waals surface area (Å²) in [6.45, 7) is 6.78. The summed E-state index contributed by atoms with van der Waals surface area (Å²) in [5.74, 6) is -0.142. The van der Waals surface area contributed by atoms with E-state index < -0.39 is 0 Å². The molecular formula is C21H39N5O4. The Morgan fingerprint density at radius 1 is 0.733 bits per heavy atom. The lowest BCUT2D eigenvalue weighted by Gasteiger charge is -2.16. The average Bonchev–Trinajstić information content (AvgIpc) is 3.47. The van der Waals surface area contributed by atoms with Crippen molar-refractivity contribution in [2.75, 3.05) is 46.3 Å². The summed E-state index contributed by atoms with van der Waals surface area (Å²) in [6.07, 6.45) is 5.03. The molecule has 4 N–H and O–H groups in total. The summed E-state index contributed by atoms with van der Waals surface area (Å²) >= 11 is 0. The molecule has 9 nitrogen and oxygen atoms in total. The SMILES string of the molecule is CCC(=O)NCCNC(=O)CCN(C)CCC(=O)NCCNC(=O)CCC1(C)CC1. The Morgan fingerprint density at radius 2 is 1.13 bits per heavy atom. The second-order valence-electron chi connectivity index (χ2n) is 8.37. The fraction of sp³-hybridized carbons (Fsp3) is 0.810. The summed E-state index contributed by atoms with van der Waals surface area (Å²) in [6, 6.07) is 0. The van der Waals surface area contributed by atoms with E-state index >= 15 is 0 Å². The van der Waals surface area contributed by atoms with Crippen LogP contribution in [-0.2, 0) is 19.2 Å². The number of nitrogens with one attached hydrogen (secondary N) is 4. The standard InChI is InChI=1S/C21H39N5O4/c1-4-17(27)22-11-12-24-19(29)6-15-26(3)16-7-20(30)25-14-13-23-18(28)5-8-21(2)9-10-21/h4-16H2,1-3H3,(H,22,27)(H,23,28)(H,24,29)(H,25,30). The lowest BCUT2D eigenvalue weighted by molar-refractivity contribution is -0.123. The van der Waals surface area contributed by atoms with Crippen molar-refractivity contribution in [1.82, 2.24) is 26.2 Å². The van der Waals surface area contributed by atoms with E-state index in [1.807, 2.05) is 11.9 Å². The van der Waals surface area contributed by atoms with Crippen molar-refractivity contribution in [2.45, 2.75) is 58.8 Å². The van der Waals surface area contributed by atoms with Gasteiger partial charge in [-0.3, -0.25) is 19.2 Å². The molecule has 172 valence electrons. The highest BCUT2D eigenvalue weighted by molar-refractivity contribution is 5.78. The summed E-state index contributed by atoms with van der Waals surface area (Å²) in [5, 5.41) is 11.1. The fourth-order valence-electron chi connectivity index (χ4n) is 2.77. The number of hydrogen-bond acceptors (Lipinski definition) is 5. The Kier molecular flexibility index (Phi) is 12.0. The molecule has 0 saturated heterocycles. The van der Waals surface area contributed by atoms with E-state index in [1.165, 1.54) is 12.8 Å².